The molecule has 7 rings (SSSR count). The Kier molecular flexibility index (Phi) is 10.4. The molecule has 0 unspecified atom stereocenters. The van der Waals surface area contributed by atoms with Gasteiger partial charge in [-0.05, 0) is 30.3 Å². The van der Waals surface area contributed by atoms with Crippen LogP contribution in [-0.2, 0) is 0 Å². The first-order valence-electron chi connectivity index (χ1n) is 18.5. The van der Waals surface area contributed by atoms with Crippen molar-refractivity contribution in [3.05, 3.63) is 120 Å². The van der Waals surface area contributed by atoms with Crippen molar-refractivity contribution in [1.82, 2.24) is 49.8 Å². The highest BCUT2D eigenvalue weighted by atomic mass is 15.1. The van der Waals surface area contributed by atoms with Gasteiger partial charge in [0.2, 0.25) is 0 Å². The smallest absolute Gasteiger partial charge is 0.163 e. The van der Waals surface area contributed by atoms with Gasteiger partial charge >= 0.3 is 0 Å². The van der Waals surface area contributed by atoms with Gasteiger partial charge in [-0.15, -0.1) is 0 Å². The molecule has 0 amide bonds. The quantitative estimate of drug-likeness (QED) is 0.135. The Morgan fingerprint density at radius 1 is 0.315 bits per heavy atom. The molecule has 7 aromatic rings. The van der Waals surface area contributed by atoms with Crippen molar-refractivity contribution in [3.8, 4) is 68.2 Å². The predicted molar refractivity (Wildman–Crippen MR) is 213 cm³/mol. The largest absolute Gasteiger partial charge is 0.256 e. The van der Waals surface area contributed by atoms with Crippen LogP contribution in [0.5, 0.6) is 0 Å². The number of aromatic nitrogens is 10. The molecule has 0 saturated carbocycles. The number of hydrogen-bond acceptors (Lipinski definition) is 10. The van der Waals surface area contributed by atoms with Gasteiger partial charge in [-0.25, -0.2) is 44.9 Å². The van der Waals surface area contributed by atoms with Crippen molar-refractivity contribution in [3.63, 3.8) is 0 Å². The summed E-state index contributed by atoms with van der Waals surface area (Å²) in [5.74, 6) is 6.50. The molecule has 0 bridgehead atoms. The number of pyridine rings is 1. The molecule has 0 spiro atoms. The second-order valence-corrected chi connectivity index (χ2v) is 14.6. The lowest BCUT2D eigenvalue weighted by molar-refractivity contribution is 0.697. The average Bonchev–Trinajstić information content (AvgIpc) is 3.20. The molecule has 0 aliphatic rings. The third-order valence-corrected chi connectivity index (χ3v) is 8.88. The molecule has 4 heterocycles. The minimum absolute atomic E-state index is 0.0582. The summed E-state index contributed by atoms with van der Waals surface area (Å²) in [6.45, 7) is 16.7. The predicted octanol–water partition coefficient (Wildman–Crippen LogP) is 10.1. The zero-order valence-corrected chi connectivity index (χ0v) is 32.0. The normalized spacial score (nSPS) is 11.6. The van der Waals surface area contributed by atoms with Crippen LogP contribution in [-0.4, -0.2) is 49.8 Å². The van der Waals surface area contributed by atoms with Crippen molar-refractivity contribution in [2.45, 2.75) is 79.1 Å². The van der Waals surface area contributed by atoms with Crippen LogP contribution in [0, 0.1) is 0 Å². The maximum atomic E-state index is 5.08. The third kappa shape index (κ3) is 7.93. The van der Waals surface area contributed by atoms with Gasteiger partial charge in [0.1, 0.15) is 23.3 Å². The van der Waals surface area contributed by atoms with Gasteiger partial charge in [-0.1, -0.05) is 116 Å². The standard InChI is InChI=1S/C44H44N10/c1-25(2)36-46-37(26(3)4)48-41(47-36)30-17-19-31(20-18-30)42-50-39(28(7)8)52-44(54-42)34-23-32(35-16-12-13-21-45-35)22-33(24-34)43-51-38(27(5)6)49-40(53-43)29-14-10-9-11-15-29/h9-28H,1-8H3. The van der Waals surface area contributed by atoms with E-state index in [0.717, 1.165) is 56.5 Å². The molecule has 0 fully saturated rings. The number of nitrogens with zero attached hydrogens (tertiary/aromatic N) is 10. The van der Waals surface area contributed by atoms with Gasteiger partial charge < -0.3 is 0 Å². The molecular formula is C44H44N10. The molecule has 54 heavy (non-hydrogen) atoms. The first-order valence-corrected chi connectivity index (χ1v) is 18.5. The van der Waals surface area contributed by atoms with E-state index in [0.29, 0.717) is 34.9 Å². The summed E-state index contributed by atoms with van der Waals surface area (Å²) in [5.41, 5.74) is 6.02. The van der Waals surface area contributed by atoms with E-state index in [1.54, 1.807) is 6.20 Å². The van der Waals surface area contributed by atoms with Gasteiger partial charge in [-0.2, -0.15) is 0 Å². The van der Waals surface area contributed by atoms with E-state index >= 15 is 0 Å². The monoisotopic (exact) mass is 712 g/mol. The first-order chi connectivity index (χ1) is 26.0. The fourth-order valence-corrected chi connectivity index (χ4v) is 5.80. The Morgan fingerprint density at radius 2 is 0.667 bits per heavy atom. The van der Waals surface area contributed by atoms with E-state index in [1.807, 2.05) is 78.9 Å². The van der Waals surface area contributed by atoms with Crippen molar-refractivity contribution in [2.24, 2.45) is 0 Å². The van der Waals surface area contributed by atoms with E-state index in [-0.39, 0.29) is 23.7 Å². The van der Waals surface area contributed by atoms with Crippen LogP contribution in [0.1, 0.15) is 102 Å². The Balaban J connectivity index is 1.35. The minimum atomic E-state index is 0.0582. The number of hydrogen-bond donors (Lipinski definition) is 0. The minimum Gasteiger partial charge on any atom is -0.256 e. The fraction of sp³-hybridized carbons (Fsp3) is 0.273. The maximum absolute atomic E-state index is 5.08. The highest BCUT2D eigenvalue weighted by Gasteiger charge is 2.19. The summed E-state index contributed by atoms with van der Waals surface area (Å²) in [7, 11) is 0. The molecule has 4 aromatic heterocycles. The highest BCUT2D eigenvalue weighted by molar-refractivity contribution is 5.77. The van der Waals surface area contributed by atoms with Crippen LogP contribution >= 0.6 is 0 Å². The maximum Gasteiger partial charge on any atom is 0.163 e. The molecule has 0 saturated heterocycles. The second kappa shape index (κ2) is 15.4. The molecule has 10 nitrogen and oxygen atoms in total. The Morgan fingerprint density at radius 3 is 1.07 bits per heavy atom. The molecular weight excluding hydrogens is 669 g/mol. The SMILES string of the molecule is CC(C)c1nc(-c2ccccc2)nc(-c2cc(-c3ccccn3)cc(-c3nc(-c4ccc(-c5nc(C(C)C)nc(C(C)C)n5)cc4)nc(C(C)C)n3)c2)n1. The van der Waals surface area contributed by atoms with E-state index in [1.165, 1.54) is 0 Å². The molecule has 0 N–H and O–H groups in total. The van der Waals surface area contributed by atoms with Gasteiger partial charge in [-0.3, -0.25) is 4.98 Å². The van der Waals surface area contributed by atoms with Crippen molar-refractivity contribution in [2.75, 3.05) is 0 Å². The number of benzene rings is 3. The summed E-state index contributed by atoms with van der Waals surface area (Å²) < 4.78 is 0. The summed E-state index contributed by atoms with van der Waals surface area (Å²) in [6.07, 6.45) is 1.79. The molecule has 270 valence electrons. The molecule has 0 aliphatic heterocycles. The zero-order valence-electron chi connectivity index (χ0n) is 32.0. The molecule has 10 heteroatoms. The summed E-state index contributed by atoms with van der Waals surface area (Å²) in [6, 6.07) is 30.2. The Hall–Kier alpha value is -6.16. The molecule has 0 radical (unpaired) electrons. The van der Waals surface area contributed by atoms with Crippen LogP contribution in [0.15, 0.2) is 97.2 Å². The van der Waals surface area contributed by atoms with Crippen molar-refractivity contribution >= 4 is 0 Å². The van der Waals surface area contributed by atoms with Crippen LogP contribution in [0.3, 0.4) is 0 Å². The highest BCUT2D eigenvalue weighted by Crippen LogP contribution is 2.33. The lowest BCUT2D eigenvalue weighted by atomic mass is 10.0. The third-order valence-electron chi connectivity index (χ3n) is 8.88. The topological polar surface area (TPSA) is 129 Å². The van der Waals surface area contributed by atoms with Gasteiger partial charge in [0.05, 0.1) is 5.69 Å². The average molecular weight is 713 g/mol. The van der Waals surface area contributed by atoms with Crippen LogP contribution in [0.25, 0.3) is 68.2 Å². The lowest BCUT2D eigenvalue weighted by Crippen LogP contribution is -2.08. The fourth-order valence-electron chi connectivity index (χ4n) is 5.80. The second-order valence-electron chi connectivity index (χ2n) is 14.6. The molecule has 0 aliphatic carbocycles. The van der Waals surface area contributed by atoms with E-state index in [2.05, 4.69) is 72.5 Å². The van der Waals surface area contributed by atoms with E-state index < -0.39 is 0 Å². The number of rotatable bonds is 10. The van der Waals surface area contributed by atoms with Crippen molar-refractivity contribution < 1.29 is 0 Å². The van der Waals surface area contributed by atoms with Crippen LogP contribution in [0.4, 0.5) is 0 Å². The van der Waals surface area contributed by atoms with Gasteiger partial charge in [0.15, 0.2) is 29.1 Å². The summed E-state index contributed by atoms with van der Waals surface area (Å²) in [5, 5.41) is 0. The van der Waals surface area contributed by atoms with Crippen LogP contribution in [0.2, 0.25) is 0 Å². The van der Waals surface area contributed by atoms with E-state index in [9.17, 15) is 0 Å². The van der Waals surface area contributed by atoms with Crippen LogP contribution < -0.4 is 0 Å². The molecule has 3 aromatic carbocycles. The summed E-state index contributed by atoms with van der Waals surface area (Å²) >= 11 is 0. The Bertz CT molecular complexity index is 2360. The zero-order chi connectivity index (χ0) is 37.9. The van der Waals surface area contributed by atoms with Gasteiger partial charge in [0.25, 0.3) is 0 Å². The van der Waals surface area contributed by atoms with E-state index in [4.69, 9.17) is 44.9 Å². The van der Waals surface area contributed by atoms with Crippen molar-refractivity contribution in [1.29, 1.82) is 0 Å². The van der Waals surface area contributed by atoms with Gasteiger partial charge in [0, 0.05) is 63.2 Å². The first kappa shape index (κ1) is 36.2. The Labute approximate surface area is 316 Å². The molecule has 0 atom stereocenters. The summed E-state index contributed by atoms with van der Waals surface area (Å²) in [4.78, 5) is 48.8. The lowest BCUT2D eigenvalue weighted by Gasteiger charge is -2.14.